The molecule has 31 heavy (non-hydrogen) atoms. The fourth-order valence-electron chi connectivity index (χ4n) is 3.76. The van der Waals surface area contributed by atoms with Gasteiger partial charge in [-0.1, -0.05) is 74.0 Å². The van der Waals surface area contributed by atoms with E-state index in [4.69, 9.17) is 15.5 Å². The Morgan fingerprint density at radius 1 is 1.03 bits per heavy atom. The lowest BCUT2D eigenvalue weighted by atomic mass is 9.93. The minimum Gasteiger partial charge on any atom is -0.424 e. The highest BCUT2D eigenvalue weighted by Gasteiger charge is 2.22. The molecule has 0 aliphatic carbocycles. The highest BCUT2D eigenvalue weighted by atomic mass is 16.5. The molecular weight excluding hydrogens is 384 g/mol. The fraction of sp³-hybridized carbons (Fsp3) is 0.333. The van der Waals surface area contributed by atoms with Crippen molar-refractivity contribution in [2.24, 2.45) is 11.7 Å². The van der Waals surface area contributed by atoms with E-state index in [9.17, 15) is 4.79 Å². The second-order valence-electron chi connectivity index (χ2n) is 8.45. The molecule has 4 heteroatoms. The summed E-state index contributed by atoms with van der Waals surface area (Å²) in [5.74, 6) is 0.707. The summed E-state index contributed by atoms with van der Waals surface area (Å²) in [5.41, 5.74) is 13.0. The maximum Gasteiger partial charge on any atom is 0.311 e. The van der Waals surface area contributed by atoms with Gasteiger partial charge in [-0.3, -0.25) is 9.78 Å². The van der Waals surface area contributed by atoms with Gasteiger partial charge in [0.15, 0.2) is 5.75 Å². The third-order valence-electron chi connectivity index (χ3n) is 5.33. The van der Waals surface area contributed by atoms with E-state index in [1.54, 1.807) is 0 Å². The lowest BCUT2D eigenvalue weighted by molar-refractivity contribution is -0.134. The predicted octanol–water partition coefficient (Wildman–Crippen LogP) is 5.56. The van der Waals surface area contributed by atoms with Crippen molar-refractivity contribution < 1.29 is 9.53 Å². The molecule has 0 saturated heterocycles. The number of carbonyl (C=O) groups is 1. The Labute approximate surface area is 185 Å². The Kier molecular flexibility index (Phi) is 7.59. The summed E-state index contributed by atoms with van der Waals surface area (Å²) in [6, 6.07) is 18.2. The number of nitrogens with zero attached hydrogens (tertiary/aromatic N) is 1. The lowest BCUT2D eigenvalue weighted by Gasteiger charge is -2.20. The molecule has 1 aromatic heterocycles. The molecule has 162 valence electrons. The van der Waals surface area contributed by atoms with Crippen LogP contribution in [0.3, 0.4) is 0 Å². The van der Waals surface area contributed by atoms with E-state index in [0.717, 1.165) is 40.1 Å². The molecule has 0 saturated carbocycles. The van der Waals surface area contributed by atoms with Gasteiger partial charge in [-0.2, -0.15) is 0 Å². The Balaban J connectivity index is 1.99. The highest BCUT2D eigenvalue weighted by Crippen LogP contribution is 2.38. The molecule has 3 rings (SSSR count). The van der Waals surface area contributed by atoms with Crippen molar-refractivity contribution >= 4 is 5.97 Å². The topological polar surface area (TPSA) is 65.2 Å². The SMILES string of the molecule is Cc1ccc(-c2c(CN)c(CC(C)C)nc(C)c2OC(=O)CCc2ccccc2)cc1. The van der Waals surface area contributed by atoms with E-state index in [0.29, 0.717) is 31.1 Å². The van der Waals surface area contributed by atoms with Crippen LogP contribution >= 0.6 is 0 Å². The van der Waals surface area contributed by atoms with Crippen LogP contribution in [0.5, 0.6) is 5.75 Å². The Hall–Kier alpha value is -2.98. The first-order chi connectivity index (χ1) is 14.9. The standard InChI is InChI=1S/C27H32N2O2/c1-18(2)16-24-23(17-28)26(22-13-10-19(3)11-14-22)27(20(4)29-24)31-25(30)15-12-21-8-6-5-7-9-21/h5-11,13-14,18H,12,15-17,28H2,1-4H3. The van der Waals surface area contributed by atoms with Crippen LogP contribution in [0.4, 0.5) is 0 Å². The zero-order chi connectivity index (χ0) is 22.4. The van der Waals surface area contributed by atoms with Crippen LogP contribution in [0.2, 0.25) is 0 Å². The van der Waals surface area contributed by atoms with Gasteiger partial charge in [0.05, 0.1) is 5.69 Å². The highest BCUT2D eigenvalue weighted by molar-refractivity contribution is 5.81. The first-order valence-corrected chi connectivity index (χ1v) is 10.9. The molecule has 0 atom stereocenters. The van der Waals surface area contributed by atoms with Crippen LogP contribution in [0.15, 0.2) is 54.6 Å². The number of pyridine rings is 1. The van der Waals surface area contributed by atoms with Crippen molar-refractivity contribution in [3.05, 3.63) is 82.7 Å². The first-order valence-electron chi connectivity index (χ1n) is 10.9. The third-order valence-corrected chi connectivity index (χ3v) is 5.33. The minimum atomic E-state index is -0.262. The van der Waals surface area contributed by atoms with E-state index in [-0.39, 0.29) is 5.97 Å². The quantitative estimate of drug-likeness (QED) is 0.488. The summed E-state index contributed by atoms with van der Waals surface area (Å²) in [4.78, 5) is 17.6. The van der Waals surface area contributed by atoms with E-state index in [1.165, 1.54) is 5.56 Å². The summed E-state index contributed by atoms with van der Waals surface area (Å²) in [6.45, 7) is 8.63. The van der Waals surface area contributed by atoms with Crippen LogP contribution in [-0.2, 0) is 24.2 Å². The summed E-state index contributed by atoms with van der Waals surface area (Å²) in [5, 5.41) is 0. The van der Waals surface area contributed by atoms with Gasteiger partial charge >= 0.3 is 5.97 Å². The molecule has 0 spiro atoms. The third kappa shape index (κ3) is 5.80. The van der Waals surface area contributed by atoms with Gasteiger partial charge in [0, 0.05) is 24.2 Å². The average molecular weight is 417 g/mol. The number of carbonyl (C=O) groups excluding carboxylic acids is 1. The zero-order valence-electron chi connectivity index (χ0n) is 18.9. The van der Waals surface area contributed by atoms with Gasteiger partial charge in [0.2, 0.25) is 0 Å². The summed E-state index contributed by atoms with van der Waals surface area (Å²) >= 11 is 0. The number of nitrogens with two attached hydrogens (primary N) is 1. The van der Waals surface area contributed by atoms with Gasteiger partial charge < -0.3 is 10.5 Å². The molecule has 0 fully saturated rings. The Morgan fingerprint density at radius 3 is 2.32 bits per heavy atom. The number of ether oxygens (including phenoxy) is 1. The average Bonchev–Trinajstić information content (AvgIpc) is 2.75. The van der Waals surface area contributed by atoms with E-state index < -0.39 is 0 Å². The molecule has 0 aliphatic rings. The van der Waals surface area contributed by atoms with E-state index in [2.05, 4.69) is 45.0 Å². The van der Waals surface area contributed by atoms with Crippen LogP contribution in [0, 0.1) is 19.8 Å². The number of hydrogen-bond acceptors (Lipinski definition) is 4. The van der Waals surface area contributed by atoms with Crippen molar-refractivity contribution in [3.63, 3.8) is 0 Å². The monoisotopic (exact) mass is 416 g/mol. The molecule has 0 amide bonds. The molecule has 0 bridgehead atoms. The molecule has 0 radical (unpaired) electrons. The largest absolute Gasteiger partial charge is 0.424 e. The molecule has 0 aliphatic heterocycles. The van der Waals surface area contributed by atoms with Gasteiger partial charge in [0.1, 0.15) is 0 Å². The van der Waals surface area contributed by atoms with Crippen molar-refractivity contribution in [3.8, 4) is 16.9 Å². The molecule has 2 N–H and O–H groups in total. The number of aryl methyl sites for hydroxylation is 3. The van der Waals surface area contributed by atoms with Crippen molar-refractivity contribution in [2.75, 3.05) is 0 Å². The predicted molar refractivity (Wildman–Crippen MR) is 126 cm³/mol. The van der Waals surface area contributed by atoms with Crippen molar-refractivity contribution in [1.82, 2.24) is 4.98 Å². The molecule has 4 nitrogen and oxygen atoms in total. The molecule has 1 heterocycles. The summed E-state index contributed by atoms with van der Waals surface area (Å²) in [7, 11) is 0. The van der Waals surface area contributed by atoms with E-state index in [1.807, 2.05) is 37.3 Å². The van der Waals surface area contributed by atoms with E-state index >= 15 is 0 Å². The number of hydrogen-bond donors (Lipinski definition) is 1. The second-order valence-corrected chi connectivity index (χ2v) is 8.45. The smallest absolute Gasteiger partial charge is 0.311 e. The van der Waals surface area contributed by atoms with Crippen LogP contribution in [0.25, 0.3) is 11.1 Å². The van der Waals surface area contributed by atoms with Gasteiger partial charge in [-0.25, -0.2) is 0 Å². The maximum absolute atomic E-state index is 12.8. The summed E-state index contributed by atoms with van der Waals surface area (Å²) < 4.78 is 5.93. The van der Waals surface area contributed by atoms with Crippen molar-refractivity contribution in [1.29, 1.82) is 0 Å². The molecule has 2 aromatic carbocycles. The summed E-state index contributed by atoms with van der Waals surface area (Å²) in [6.07, 6.45) is 1.78. The number of benzene rings is 2. The normalized spacial score (nSPS) is 11.0. The Morgan fingerprint density at radius 2 is 1.71 bits per heavy atom. The van der Waals surface area contributed by atoms with Gasteiger partial charge in [0.25, 0.3) is 0 Å². The van der Waals surface area contributed by atoms with Gasteiger partial charge in [-0.05, 0) is 49.3 Å². The Bertz CT molecular complexity index is 1030. The fourth-order valence-corrected chi connectivity index (χ4v) is 3.76. The molecular formula is C27H32N2O2. The molecule has 3 aromatic rings. The van der Waals surface area contributed by atoms with Gasteiger partial charge in [-0.15, -0.1) is 0 Å². The minimum absolute atomic E-state index is 0.262. The second kappa shape index (κ2) is 10.4. The van der Waals surface area contributed by atoms with Crippen LogP contribution in [0.1, 0.15) is 48.3 Å². The zero-order valence-corrected chi connectivity index (χ0v) is 18.9. The number of rotatable bonds is 8. The van der Waals surface area contributed by atoms with Crippen LogP contribution in [-0.4, -0.2) is 11.0 Å². The van der Waals surface area contributed by atoms with Crippen LogP contribution < -0.4 is 10.5 Å². The number of aromatic nitrogens is 1. The molecule has 0 unspecified atom stereocenters. The maximum atomic E-state index is 12.8. The van der Waals surface area contributed by atoms with Crippen molar-refractivity contribution in [2.45, 2.75) is 53.5 Å². The number of esters is 1. The first kappa shape index (κ1) is 22.7. The lowest BCUT2D eigenvalue weighted by Crippen LogP contribution is -2.16.